The molecule has 0 radical (unpaired) electrons. The fourth-order valence-corrected chi connectivity index (χ4v) is 4.42. The molecule has 0 saturated carbocycles. The number of ether oxygens (including phenoxy) is 1. The first-order chi connectivity index (χ1) is 13.1. The van der Waals surface area contributed by atoms with Crippen molar-refractivity contribution in [1.82, 2.24) is 9.80 Å². The molecular weight excluding hydrogens is 368 g/mol. The number of aliphatic hydroxyl groups is 1. The van der Waals surface area contributed by atoms with Gasteiger partial charge in [-0.25, -0.2) is 0 Å². The molecule has 0 spiro atoms. The van der Waals surface area contributed by atoms with Crippen LogP contribution in [0.15, 0.2) is 18.2 Å². The minimum absolute atomic E-state index is 0.0308. The summed E-state index contributed by atoms with van der Waals surface area (Å²) in [5.74, 6) is 0.491. The zero-order valence-electron chi connectivity index (χ0n) is 15.6. The molecule has 0 aliphatic carbocycles. The number of phenolic OH excluding ortho intramolecular Hbond substituents is 1. The summed E-state index contributed by atoms with van der Waals surface area (Å²) < 4.78 is 5.48. The van der Waals surface area contributed by atoms with E-state index >= 15 is 0 Å². The lowest BCUT2D eigenvalue weighted by atomic mass is 9.86. The third-order valence-corrected chi connectivity index (χ3v) is 5.96. The summed E-state index contributed by atoms with van der Waals surface area (Å²) in [6.07, 6.45) is 2.93. The van der Waals surface area contributed by atoms with Crippen LogP contribution in [0.2, 0.25) is 5.02 Å². The fraction of sp³-hybridized carbons (Fsp3) is 0.650. The Hall–Kier alpha value is -1.34. The highest BCUT2D eigenvalue weighted by atomic mass is 35.5. The van der Waals surface area contributed by atoms with Crippen molar-refractivity contribution in [2.75, 3.05) is 46.0 Å². The van der Waals surface area contributed by atoms with E-state index in [1.165, 1.54) is 6.07 Å². The average Bonchev–Trinajstić information content (AvgIpc) is 2.69. The quantitative estimate of drug-likeness (QED) is 0.768. The van der Waals surface area contributed by atoms with E-state index in [0.717, 1.165) is 64.2 Å². The molecule has 1 amide bonds. The van der Waals surface area contributed by atoms with Crippen LogP contribution in [0.25, 0.3) is 0 Å². The number of phenols is 1. The summed E-state index contributed by atoms with van der Waals surface area (Å²) in [6.45, 7) is 5.10. The van der Waals surface area contributed by atoms with Gasteiger partial charge in [0.25, 0.3) is 0 Å². The lowest BCUT2D eigenvalue weighted by Gasteiger charge is -2.45. The van der Waals surface area contributed by atoms with E-state index in [0.29, 0.717) is 12.0 Å². The van der Waals surface area contributed by atoms with Crippen LogP contribution in [0.3, 0.4) is 0 Å². The number of morpholine rings is 1. The standard InChI is InChI=1S/C20H29ClN2O4/c21-17-12-15(3-4-19(17)25)13-20(26)23-6-5-18(16(14-23)2-1-9-24)22-7-10-27-11-8-22/h3-4,12,16,18,24-25H,1-2,5-11,13-14H2/t16-,18+/m1/s1. The molecule has 3 rings (SSSR count). The predicted octanol–water partition coefficient (Wildman–Crippen LogP) is 1.91. The Bertz CT molecular complexity index is 636. The zero-order chi connectivity index (χ0) is 19.2. The molecular formula is C20H29ClN2O4. The van der Waals surface area contributed by atoms with E-state index in [-0.39, 0.29) is 29.7 Å². The Morgan fingerprint density at radius 1 is 1.26 bits per heavy atom. The third kappa shape index (κ3) is 5.35. The van der Waals surface area contributed by atoms with Gasteiger partial charge in [-0.1, -0.05) is 17.7 Å². The van der Waals surface area contributed by atoms with Crippen LogP contribution in [-0.4, -0.2) is 78.0 Å². The van der Waals surface area contributed by atoms with Crippen LogP contribution >= 0.6 is 11.6 Å². The number of hydrogen-bond acceptors (Lipinski definition) is 5. The molecule has 0 bridgehead atoms. The minimum Gasteiger partial charge on any atom is -0.506 e. The van der Waals surface area contributed by atoms with Crippen molar-refractivity contribution in [3.63, 3.8) is 0 Å². The number of carbonyl (C=O) groups is 1. The maximum atomic E-state index is 12.8. The minimum atomic E-state index is 0.0308. The van der Waals surface area contributed by atoms with E-state index < -0.39 is 0 Å². The molecule has 2 fully saturated rings. The first kappa shape index (κ1) is 20.4. The number of aliphatic hydroxyl groups excluding tert-OH is 1. The normalized spacial score (nSPS) is 24.1. The summed E-state index contributed by atoms with van der Waals surface area (Å²) in [4.78, 5) is 17.2. The summed E-state index contributed by atoms with van der Waals surface area (Å²) >= 11 is 5.95. The van der Waals surface area contributed by atoms with E-state index in [9.17, 15) is 15.0 Å². The van der Waals surface area contributed by atoms with E-state index in [4.69, 9.17) is 16.3 Å². The van der Waals surface area contributed by atoms with Crippen molar-refractivity contribution in [1.29, 1.82) is 0 Å². The van der Waals surface area contributed by atoms with Gasteiger partial charge in [-0.15, -0.1) is 0 Å². The van der Waals surface area contributed by atoms with Crippen molar-refractivity contribution in [2.24, 2.45) is 5.92 Å². The fourth-order valence-electron chi connectivity index (χ4n) is 4.22. The summed E-state index contributed by atoms with van der Waals surface area (Å²) in [5, 5.41) is 19.1. The van der Waals surface area contributed by atoms with Gasteiger partial charge in [0.05, 0.1) is 24.7 Å². The average molecular weight is 397 g/mol. The van der Waals surface area contributed by atoms with Crippen molar-refractivity contribution >= 4 is 17.5 Å². The summed E-state index contributed by atoms with van der Waals surface area (Å²) in [7, 11) is 0. The Morgan fingerprint density at radius 3 is 2.74 bits per heavy atom. The lowest BCUT2D eigenvalue weighted by molar-refractivity contribution is -0.134. The maximum absolute atomic E-state index is 12.8. The third-order valence-electron chi connectivity index (χ3n) is 5.66. The second-order valence-corrected chi connectivity index (χ2v) is 7.84. The number of halogens is 1. The molecule has 7 heteroatoms. The first-order valence-corrected chi connectivity index (χ1v) is 10.1. The molecule has 2 aliphatic rings. The van der Waals surface area contributed by atoms with Crippen molar-refractivity contribution < 1.29 is 19.7 Å². The molecule has 6 nitrogen and oxygen atoms in total. The molecule has 27 heavy (non-hydrogen) atoms. The number of rotatable bonds is 6. The largest absolute Gasteiger partial charge is 0.506 e. The molecule has 0 unspecified atom stereocenters. The summed E-state index contributed by atoms with van der Waals surface area (Å²) in [6, 6.07) is 5.37. The lowest BCUT2D eigenvalue weighted by Crippen LogP contribution is -2.55. The number of aromatic hydroxyl groups is 1. The highest BCUT2D eigenvalue weighted by Gasteiger charge is 2.35. The first-order valence-electron chi connectivity index (χ1n) is 9.76. The van der Waals surface area contributed by atoms with E-state index in [1.807, 2.05) is 4.90 Å². The van der Waals surface area contributed by atoms with Crippen LogP contribution < -0.4 is 0 Å². The van der Waals surface area contributed by atoms with Crippen LogP contribution in [0.1, 0.15) is 24.8 Å². The Kier molecular flexibility index (Phi) is 7.35. The zero-order valence-corrected chi connectivity index (χ0v) is 16.4. The molecule has 0 aromatic heterocycles. The van der Waals surface area contributed by atoms with E-state index in [1.54, 1.807) is 12.1 Å². The molecule has 2 saturated heterocycles. The number of likely N-dealkylation sites (tertiary alicyclic amines) is 1. The predicted molar refractivity (Wildman–Crippen MR) is 104 cm³/mol. The highest BCUT2D eigenvalue weighted by Crippen LogP contribution is 2.28. The molecule has 2 aliphatic heterocycles. The van der Waals surface area contributed by atoms with Gasteiger partial charge in [-0.05, 0) is 42.9 Å². The second-order valence-electron chi connectivity index (χ2n) is 7.43. The Labute approximate surface area is 165 Å². The maximum Gasteiger partial charge on any atom is 0.227 e. The van der Waals surface area contributed by atoms with Gasteiger partial charge in [-0.3, -0.25) is 9.69 Å². The number of piperidine rings is 1. The topological polar surface area (TPSA) is 73.2 Å². The van der Waals surface area contributed by atoms with Gasteiger partial charge in [0.2, 0.25) is 5.91 Å². The van der Waals surface area contributed by atoms with Crippen LogP contribution in [0.5, 0.6) is 5.75 Å². The van der Waals surface area contributed by atoms with Crippen LogP contribution in [0, 0.1) is 5.92 Å². The van der Waals surface area contributed by atoms with Crippen molar-refractivity contribution in [3.8, 4) is 5.75 Å². The van der Waals surface area contributed by atoms with Gasteiger partial charge in [-0.2, -0.15) is 0 Å². The number of carbonyl (C=O) groups excluding carboxylic acids is 1. The van der Waals surface area contributed by atoms with Gasteiger partial charge >= 0.3 is 0 Å². The molecule has 1 aromatic rings. The molecule has 2 N–H and O–H groups in total. The van der Waals surface area contributed by atoms with Crippen LogP contribution in [0.4, 0.5) is 0 Å². The van der Waals surface area contributed by atoms with Gasteiger partial charge < -0.3 is 19.8 Å². The monoisotopic (exact) mass is 396 g/mol. The van der Waals surface area contributed by atoms with E-state index in [2.05, 4.69) is 4.90 Å². The van der Waals surface area contributed by atoms with Crippen molar-refractivity contribution in [2.45, 2.75) is 31.7 Å². The van der Waals surface area contributed by atoms with Gasteiger partial charge in [0.15, 0.2) is 0 Å². The Morgan fingerprint density at radius 2 is 2.04 bits per heavy atom. The molecule has 150 valence electrons. The smallest absolute Gasteiger partial charge is 0.227 e. The number of benzene rings is 1. The SMILES string of the molecule is O=C(Cc1ccc(O)c(Cl)c1)N1CC[C@H](N2CCOCC2)[C@H](CCCO)C1. The molecule has 2 heterocycles. The number of nitrogens with zero attached hydrogens (tertiary/aromatic N) is 2. The van der Waals surface area contributed by atoms with Gasteiger partial charge in [0.1, 0.15) is 5.75 Å². The second kappa shape index (κ2) is 9.73. The van der Waals surface area contributed by atoms with Crippen LogP contribution in [-0.2, 0) is 16.0 Å². The highest BCUT2D eigenvalue weighted by molar-refractivity contribution is 6.32. The Balaban J connectivity index is 1.62. The number of hydrogen-bond donors (Lipinski definition) is 2. The molecule has 2 atom stereocenters. The van der Waals surface area contributed by atoms with Gasteiger partial charge in [0, 0.05) is 38.8 Å². The van der Waals surface area contributed by atoms with Crippen molar-refractivity contribution in [3.05, 3.63) is 28.8 Å². The number of amides is 1. The molecule has 1 aromatic carbocycles. The summed E-state index contributed by atoms with van der Waals surface area (Å²) in [5.41, 5.74) is 0.810.